The lowest BCUT2D eigenvalue weighted by Crippen LogP contribution is -2.51. The molecule has 0 aliphatic carbocycles. The van der Waals surface area contributed by atoms with Crippen molar-refractivity contribution in [3.63, 3.8) is 0 Å². The Hall–Kier alpha value is -3.60. The molecule has 0 aromatic heterocycles. The highest BCUT2D eigenvalue weighted by Crippen LogP contribution is 2.42. The van der Waals surface area contributed by atoms with Gasteiger partial charge in [-0.15, -0.1) is 0 Å². The van der Waals surface area contributed by atoms with Crippen molar-refractivity contribution in [1.82, 2.24) is 9.80 Å². The Kier molecular flexibility index (Phi) is 11.1. The molecule has 2 aliphatic heterocycles. The molecule has 9 nitrogen and oxygen atoms in total. The number of ether oxygens (including phenoxy) is 2. The topological polar surface area (TPSA) is 112 Å². The average molecular weight is 602 g/mol. The maximum absolute atomic E-state index is 12.2. The van der Waals surface area contributed by atoms with Crippen molar-refractivity contribution in [2.75, 3.05) is 38.0 Å². The van der Waals surface area contributed by atoms with Gasteiger partial charge in [0.1, 0.15) is 0 Å². The van der Waals surface area contributed by atoms with Crippen LogP contribution in [0, 0.1) is 5.92 Å². The summed E-state index contributed by atoms with van der Waals surface area (Å²) in [6.07, 6.45) is -0.427. The monoisotopic (exact) mass is 601 g/mol. The number of piperazine rings is 1. The van der Waals surface area contributed by atoms with Crippen molar-refractivity contribution in [2.45, 2.75) is 57.8 Å². The number of hydrogen-bond acceptors (Lipinski definition) is 7. The predicted octanol–water partition coefficient (Wildman–Crippen LogP) is 4.98. The molecule has 2 fully saturated rings. The van der Waals surface area contributed by atoms with Gasteiger partial charge in [0.05, 0.1) is 18.8 Å². The second-order valence-corrected chi connectivity index (χ2v) is 11.8. The Labute approximate surface area is 259 Å². The number of aliphatic carboxylic acids is 1. The van der Waals surface area contributed by atoms with E-state index in [1.165, 1.54) is 5.56 Å². The molecule has 9 heteroatoms. The predicted molar refractivity (Wildman–Crippen MR) is 168 cm³/mol. The second kappa shape index (κ2) is 15.4. The van der Waals surface area contributed by atoms with E-state index >= 15 is 0 Å². The number of carboxylic acid groups (broad SMARTS) is 1. The summed E-state index contributed by atoms with van der Waals surface area (Å²) in [4.78, 5) is 27.9. The summed E-state index contributed by atoms with van der Waals surface area (Å²) in [5, 5.41) is 21.2. The van der Waals surface area contributed by atoms with E-state index in [1.54, 1.807) is 0 Å². The van der Waals surface area contributed by atoms with Crippen LogP contribution in [-0.2, 0) is 32.2 Å². The lowest BCUT2D eigenvalue weighted by molar-refractivity contribution is -0.276. The number of anilines is 1. The van der Waals surface area contributed by atoms with E-state index in [9.17, 15) is 14.7 Å². The Balaban J connectivity index is 1.24. The van der Waals surface area contributed by atoms with Crippen molar-refractivity contribution in [2.24, 2.45) is 5.92 Å². The van der Waals surface area contributed by atoms with E-state index in [0.717, 1.165) is 56.0 Å². The third kappa shape index (κ3) is 8.74. The van der Waals surface area contributed by atoms with Crippen LogP contribution in [0.1, 0.15) is 60.8 Å². The molecule has 1 amide bonds. The minimum Gasteiger partial charge on any atom is -0.481 e. The summed E-state index contributed by atoms with van der Waals surface area (Å²) in [5.74, 6) is -1.03. The highest BCUT2D eigenvalue weighted by atomic mass is 16.7. The highest BCUT2D eigenvalue weighted by Gasteiger charge is 2.39. The van der Waals surface area contributed by atoms with E-state index in [2.05, 4.69) is 52.4 Å². The first-order chi connectivity index (χ1) is 21.4. The van der Waals surface area contributed by atoms with Gasteiger partial charge in [-0.05, 0) is 35.2 Å². The lowest BCUT2D eigenvalue weighted by Gasteiger charge is -2.44. The van der Waals surface area contributed by atoms with E-state index in [4.69, 9.17) is 14.6 Å². The van der Waals surface area contributed by atoms with Gasteiger partial charge < -0.3 is 25.0 Å². The summed E-state index contributed by atoms with van der Waals surface area (Å²) in [5.41, 5.74) is 4.74. The molecule has 5 rings (SSSR count). The molecule has 2 heterocycles. The molecule has 2 aliphatic rings. The number of carboxylic acids is 1. The first kappa shape index (κ1) is 31.8. The molecule has 234 valence electrons. The zero-order valence-corrected chi connectivity index (χ0v) is 25.3. The Morgan fingerprint density at radius 2 is 1.48 bits per heavy atom. The molecule has 0 saturated carbocycles. The van der Waals surface area contributed by atoms with Crippen LogP contribution >= 0.6 is 0 Å². The molecule has 2 saturated heterocycles. The van der Waals surface area contributed by atoms with Crippen LogP contribution in [0.3, 0.4) is 0 Å². The lowest BCUT2D eigenvalue weighted by atomic mass is 9.90. The van der Waals surface area contributed by atoms with Crippen LogP contribution in [0.25, 0.3) is 0 Å². The third-order valence-corrected chi connectivity index (χ3v) is 8.54. The molecule has 0 spiro atoms. The van der Waals surface area contributed by atoms with Crippen LogP contribution in [0.4, 0.5) is 5.69 Å². The van der Waals surface area contributed by atoms with Crippen molar-refractivity contribution in [3.05, 3.63) is 101 Å². The van der Waals surface area contributed by atoms with Crippen LogP contribution in [0.2, 0.25) is 0 Å². The second-order valence-electron chi connectivity index (χ2n) is 11.8. The number of aliphatic hydroxyl groups excluding tert-OH is 1. The number of benzene rings is 3. The van der Waals surface area contributed by atoms with Crippen LogP contribution in [0.15, 0.2) is 78.9 Å². The number of hydrogen-bond donors (Lipinski definition) is 3. The molecule has 0 radical (unpaired) electrons. The minimum absolute atomic E-state index is 0.00554. The normalized spacial score (nSPS) is 22.9. The summed E-state index contributed by atoms with van der Waals surface area (Å²) in [6.45, 7) is 7.90. The number of carbonyl (C=O) groups is 2. The van der Waals surface area contributed by atoms with Gasteiger partial charge in [0.25, 0.3) is 0 Å². The number of amides is 1. The fraction of sp³-hybridized carbons (Fsp3) is 0.429. The summed E-state index contributed by atoms with van der Waals surface area (Å²) in [6, 6.07) is 26.0. The van der Waals surface area contributed by atoms with Gasteiger partial charge in [-0.2, -0.15) is 0 Å². The number of nitrogens with zero attached hydrogens (tertiary/aromatic N) is 2. The number of aliphatic hydroxyl groups is 1. The van der Waals surface area contributed by atoms with Crippen LogP contribution < -0.4 is 5.32 Å². The van der Waals surface area contributed by atoms with Gasteiger partial charge in [-0.3, -0.25) is 19.4 Å². The Morgan fingerprint density at radius 1 is 0.818 bits per heavy atom. The first-order valence-electron chi connectivity index (χ1n) is 15.5. The molecule has 4 atom stereocenters. The fourth-order valence-corrected chi connectivity index (χ4v) is 5.90. The van der Waals surface area contributed by atoms with E-state index in [-0.39, 0.29) is 43.5 Å². The van der Waals surface area contributed by atoms with Gasteiger partial charge in [0.15, 0.2) is 6.29 Å². The first-order valence-corrected chi connectivity index (χ1v) is 15.5. The van der Waals surface area contributed by atoms with E-state index < -0.39 is 12.3 Å². The van der Waals surface area contributed by atoms with Crippen LogP contribution in [0.5, 0.6) is 0 Å². The smallest absolute Gasteiger partial charge is 0.303 e. The molecule has 0 bridgehead atoms. The number of carbonyl (C=O) groups excluding carboxylic acids is 1. The van der Waals surface area contributed by atoms with Gasteiger partial charge in [-0.1, -0.05) is 73.7 Å². The highest BCUT2D eigenvalue weighted by molar-refractivity contribution is 5.90. The molecule has 3 aromatic rings. The molecule has 3 N–H and O–H groups in total. The minimum atomic E-state index is -0.907. The van der Waals surface area contributed by atoms with Crippen molar-refractivity contribution in [3.8, 4) is 0 Å². The maximum atomic E-state index is 12.2. The number of rotatable bonds is 12. The zero-order chi connectivity index (χ0) is 30.9. The van der Waals surface area contributed by atoms with Gasteiger partial charge in [0.2, 0.25) is 5.91 Å². The molecule has 3 aromatic carbocycles. The fourth-order valence-electron chi connectivity index (χ4n) is 5.90. The molecule has 44 heavy (non-hydrogen) atoms. The SMILES string of the molecule is C[C@@H]1[C@H](CN2CCN(Cc3ccccc3)CC2)O[C@H](c2ccc(NC(=O)CCCC(=O)O)cc2)O[C@@H]1c1ccc(CO)cc1. The van der Waals surface area contributed by atoms with Gasteiger partial charge in [0, 0.05) is 69.3 Å². The quantitative estimate of drug-likeness (QED) is 0.267. The largest absolute Gasteiger partial charge is 0.481 e. The standard InChI is InChI=1S/C35H43N3O6/c1-25-31(23-38-20-18-37(19-21-38)22-26-6-3-2-4-7-26)43-35(44-34(25)28-12-10-27(24-39)11-13-28)29-14-16-30(17-15-29)36-32(40)8-5-9-33(41)42/h2-4,6-7,10-17,25,31,34-35,39H,5,8-9,18-24H2,1H3,(H,36,40)(H,41,42)/t25-,31+,34+,35+/m1/s1. The maximum Gasteiger partial charge on any atom is 0.303 e. The number of nitrogens with one attached hydrogen (secondary N) is 1. The Morgan fingerprint density at radius 3 is 2.14 bits per heavy atom. The third-order valence-electron chi connectivity index (χ3n) is 8.54. The van der Waals surface area contributed by atoms with Crippen molar-refractivity contribution < 1.29 is 29.3 Å². The van der Waals surface area contributed by atoms with Crippen molar-refractivity contribution in [1.29, 1.82) is 0 Å². The summed E-state index contributed by atoms with van der Waals surface area (Å²) < 4.78 is 13.2. The van der Waals surface area contributed by atoms with E-state index in [1.807, 2.05) is 48.5 Å². The van der Waals surface area contributed by atoms with E-state index in [0.29, 0.717) is 12.1 Å². The van der Waals surface area contributed by atoms with Gasteiger partial charge in [-0.25, -0.2) is 0 Å². The van der Waals surface area contributed by atoms with Crippen molar-refractivity contribution >= 4 is 17.6 Å². The molecule has 0 unspecified atom stereocenters. The van der Waals surface area contributed by atoms with Gasteiger partial charge >= 0.3 is 5.97 Å². The average Bonchev–Trinajstić information content (AvgIpc) is 3.04. The Bertz CT molecular complexity index is 1340. The summed E-state index contributed by atoms with van der Waals surface area (Å²) >= 11 is 0. The zero-order valence-electron chi connectivity index (χ0n) is 25.3. The molecular formula is C35H43N3O6. The molecular weight excluding hydrogens is 558 g/mol. The summed E-state index contributed by atoms with van der Waals surface area (Å²) in [7, 11) is 0. The van der Waals surface area contributed by atoms with Crippen LogP contribution in [-0.4, -0.2) is 70.7 Å².